The van der Waals surface area contributed by atoms with Gasteiger partial charge in [0.1, 0.15) is 0 Å². The van der Waals surface area contributed by atoms with Gasteiger partial charge in [-0.1, -0.05) is 0 Å². The highest BCUT2D eigenvalue weighted by atomic mass is 15.4. The summed E-state index contributed by atoms with van der Waals surface area (Å²) in [6, 6.07) is 0.773. The van der Waals surface area contributed by atoms with Crippen molar-refractivity contribution in [3.05, 3.63) is 13.3 Å². The lowest BCUT2D eigenvalue weighted by Gasteiger charge is -2.09. The van der Waals surface area contributed by atoms with Crippen molar-refractivity contribution >= 4 is 0 Å². The van der Waals surface area contributed by atoms with E-state index in [0.717, 1.165) is 0 Å². The van der Waals surface area contributed by atoms with Crippen LogP contribution >= 0.6 is 0 Å². The van der Waals surface area contributed by atoms with Crippen LogP contribution in [0, 0.1) is 13.3 Å². The summed E-state index contributed by atoms with van der Waals surface area (Å²) in [6.07, 6.45) is 0. The second kappa shape index (κ2) is 7.49. The molecule has 4 N–H and O–H groups in total. The maximum Gasteiger partial charge on any atom is 0.155 e. The number of nitrogens with one attached hydrogen (secondary N) is 4. The Hall–Kier alpha value is -0.160. The third kappa shape index (κ3) is 9.84. The zero-order valence-corrected chi connectivity index (χ0v) is 8.15. The third-order valence-electron chi connectivity index (χ3n) is 0.909. The van der Waals surface area contributed by atoms with Crippen molar-refractivity contribution in [3.63, 3.8) is 0 Å². The summed E-state index contributed by atoms with van der Waals surface area (Å²) in [5.74, 6) is 0. The van der Waals surface area contributed by atoms with E-state index in [1.165, 1.54) is 0 Å². The molecule has 0 unspecified atom stereocenters. The zero-order chi connectivity index (χ0) is 9.40. The fourth-order valence-corrected chi connectivity index (χ4v) is 0.423. The van der Waals surface area contributed by atoms with Crippen LogP contribution in [0.3, 0.4) is 0 Å². The Morgan fingerprint density at radius 1 is 0.750 bits per heavy atom. The molecule has 0 aromatic carbocycles. The predicted octanol–water partition coefficient (Wildman–Crippen LogP) is 0.0692. The topological polar surface area (TPSA) is 48.1 Å². The molecule has 70 valence electrons. The average Bonchev–Trinajstić information content (AvgIpc) is 1.95. The van der Waals surface area contributed by atoms with Crippen LogP contribution < -0.4 is 21.5 Å². The Bertz CT molecular complexity index is 81.1. The van der Waals surface area contributed by atoms with Crippen molar-refractivity contribution in [1.29, 1.82) is 0 Å². The number of rotatable bonds is 7. The summed E-state index contributed by atoms with van der Waals surface area (Å²) in [6.45, 7) is 13.6. The second-order valence-corrected chi connectivity index (χ2v) is 3.10. The molecule has 0 aromatic heterocycles. The molecule has 0 aromatic rings. The van der Waals surface area contributed by atoms with E-state index in [9.17, 15) is 0 Å². The normalized spacial score (nSPS) is 11.5. The first kappa shape index (κ1) is 11.8. The van der Waals surface area contributed by atoms with Crippen LogP contribution in [-0.2, 0) is 0 Å². The number of hydrogen-bond acceptors (Lipinski definition) is 4. The van der Waals surface area contributed by atoms with Crippen molar-refractivity contribution < 1.29 is 0 Å². The van der Waals surface area contributed by atoms with E-state index in [2.05, 4.69) is 34.8 Å². The zero-order valence-electron chi connectivity index (χ0n) is 8.15. The van der Waals surface area contributed by atoms with Gasteiger partial charge in [0.2, 0.25) is 0 Å². The first-order valence-corrected chi connectivity index (χ1v) is 4.14. The summed E-state index contributed by atoms with van der Waals surface area (Å²) >= 11 is 0. The van der Waals surface area contributed by atoms with Gasteiger partial charge in [0.25, 0.3) is 0 Å². The summed E-state index contributed by atoms with van der Waals surface area (Å²) in [5, 5.41) is 5.88. The summed E-state index contributed by atoms with van der Waals surface area (Å²) in [5.41, 5.74) is 5.37. The molecule has 0 aliphatic rings. The van der Waals surface area contributed by atoms with Crippen molar-refractivity contribution in [3.8, 4) is 0 Å². The van der Waals surface area contributed by atoms with Crippen molar-refractivity contribution in [2.45, 2.75) is 39.8 Å². The lowest BCUT2D eigenvalue weighted by atomic mass is 10.4. The van der Waals surface area contributed by atoms with Gasteiger partial charge in [-0.25, -0.2) is 10.9 Å². The van der Waals surface area contributed by atoms with Gasteiger partial charge in [-0.2, -0.15) is 0 Å². The highest BCUT2D eigenvalue weighted by molar-refractivity contribution is 4.64. The minimum atomic E-state index is 0.386. The van der Waals surface area contributed by atoms with Gasteiger partial charge in [0.05, 0.1) is 0 Å². The Morgan fingerprint density at radius 3 is 1.33 bits per heavy atom. The molecule has 0 spiro atoms. The third-order valence-corrected chi connectivity index (χ3v) is 0.909. The molecule has 0 aliphatic carbocycles. The lowest BCUT2D eigenvalue weighted by Crippen LogP contribution is -2.40. The maximum absolute atomic E-state index is 2.94. The highest BCUT2D eigenvalue weighted by Crippen LogP contribution is 1.75. The molecule has 0 heterocycles. The Kier molecular flexibility index (Phi) is 7.39. The van der Waals surface area contributed by atoms with E-state index in [1.807, 2.05) is 27.7 Å². The molecule has 0 atom stereocenters. The van der Waals surface area contributed by atoms with E-state index in [4.69, 9.17) is 0 Å². The molecule has 4 heteroatoms. The molecule has 0 fully saturated rings. The smallest absolute Gasteiger partial charge is 0.155 e. The van der Waals surface area contributed by atoms with Crippen LogP contribution in [0.15, 0.2) is 0 Å². The van der Waals surface area contributed by atoms with Crippen LogP contribution in [0.4, 0.5) is 0 Å². The molecule has 0 saturated carbocycles. The quantitative estimate of drug-likeness (QED) is 0.248. The van der Waals surface area contributed by atoms with Gasteiger partial charge in [-0.3, -0.25) is 10.6 Å². The molecule has 0 bridgehead atoms. The van der Waals surface area contributed by atoms with Gasteiger partial charge in [0.15, 0.2) is 13.3 Å². The fourth-order valence-electron chi connectivity index (χ4n) is 0.423. The first-order chi connectivity index (χ1) is 5.63. The molecule has 4 radical (unpaired) electrons. The molecule has 0 aliphatic heterocycles. The van der Waals surface area contributed by atoms with E-state index in [-0.39, 0.29) is 0 Å². The lowest BCUT2D eigenvalue weighted by molar-refractivity contribution is 0.517. The minimum Gasteiger partial charge on any atom is -0.290 e. The largest absolute Gasteiger partial charge is 0.290 e. The van der Waals surface area contributed by atoms with Crippen LogP contribution in [0.1, 0.15) is 27.7 Å². The van der Waals surface area contributed by atoms with Gasteiger partial charge in [0, 0.05) is 12.1 Å². The molecule has 4 nitrogen and oxygen atoms in total. The van der Waals surface area contributed by atoms with E-state index in [1.54, 1.807) is 0 Å². The molecule has 12 heavy (non-hydrogen) atoms. The molecular weight excluding hydrogens is 152 g/mol. The second-order valence-electron chi connectivity index (χ2n) is 3.10. The molecular formula is C8H18N4. The van der Waals surface area contributed by atoms with E-state index < -0.39 is 0 Å². The molecule has 0 amide bonds. The van der Waals surface area contributed by atoms with Gasteiger partial charge >= 0.3 is 0 Å². The number of hydrogen-bond donors (Lipinski definition) is 4. The average molecular weight is 170 g/mol. The highest BCUT2D eigenvalue weighted by Gasteiger charge is 1.93. The number of hydrazine groups is 1. The van der Waals surface area contributed by atoms with Gasteiger partial charge in [-0.05, 0) is 27.7 Å². The van der Waals surface area contributed by atoms with Crippen molar-refractivity contribution in [2.75, 3.05) is 0 Å². The van der Waals surface area contributed by atoms with Crippen LogP contribution in [-0.4, -0.2) is 12.1 Å². The first-order valence-electron chi connectivity index (χ1n) is 4.14. The maximum atomic E-state index is 2.94. The fraction of sp³-hybridized carbons (Fsp3) is 0.750. The standard InChI is InChI=1S/C8H18N4/c1-7(2)9-5-11-12-6-10-8(3)4/h7-12H,1-4H3. The summed E-state index contributed by atoms with van der Waals surface area (Å²) in [7, 11) is 0. The SMILES string of the molecule is CC(C)N[C]NN[C]NC(C)C. The van der Waals surface area contributed by atoms with E-state index in [0.29, 0.717) is 12.1 Å². The summed E-state index contributed by atoms with van der Waals surface area (Å²) < 4.78 is 0. The Labute approximate surface area is 75.5 Å². The monoisotopic (exact) mass is 170 g/mol. The van der Waals surface area contributed by atoms with Gasteiger partial charge in [-0.15, -0.1) is 0 Å². The minimum absolute atomic E-state index is 0.386. The van der Waals surface area contributed by atoms with Crippen LogP contribution in [0.2, 0.25) is 0 Å². The van der Waals surface area contributed by atoms with E-state index >= 15 is 0 Å². The predicted molar refractivity (Wildman–Crippen MR) is 49.3 cm³/mol. The Morgan fingerprint density at radius 2 is 1.08 bits per heavy atom. The van der Waals surface area contributed by atoms with Crippen molar-refractivity contribution in [2.24, 2.45) is 0 Å². The molecule has 0 saturated heterocycles. The van der Waals surface area contributed by atoms with Crippen LogP contribution in [0.25, 0.3) is 0 Å². The van der Waals surface area contributed by atoms with Crippen molar-refractivity contribution in [1.82, 2.24) is 21.5 Å². The summed E-state index contributed by atoms with van der Waals surface area (Å²) in [4.78, 5) is 0. The van der Waals surface area contributed by atoms with Gasteiger partial charge < -0.3 is 0 Å². The molecule has 0 rings (SSSR count). The van der Waals surface area contributed by atoms with Crippen LogP contribution in [0.5, 0.6) is 0 Å². The Balaban J connectivity index is 2.91.